The molecule has 4 N–H and O–H groups in total. The van der Waals surface area contributed by atoms with E-state index in [1.54, 1.807) is 13.0 Å². The molecular formula is C27H29ClFN5O5S. The van der Waals surface area contributed by atoms with Crippen LogP contribution in [0.3, 0.4) is 0 Å². The van der Waals surface area contributed by atoms with E-state index >= 15 is 0 Å². The van der Waals surface area contributed by atoms with Crippen molar-refractivity contribution in [3.05, 3.63) is 57.3 Å². The van der Waals surface area contributed by atoms with Crippen LogP contribution in [0.15, 0.2) is 30.5 Å². The van der Waals surface area contributed by atoms with Gasteiger partial charge in [-0.1, -0.05) is 11.6 Å². The average molecular weight is 590 g/mol. The summed E-state index contributed by atoms with van der Waals surface area (Å²) in [6, 6.07) is 3.95. The van der Waals surface area contributed by atoms with Crippen LogP contribution in [-0.2, 0) is 11.2 Å². The Balaban J connectivity index is 1.32. The SMILES string of the molecule is COc1cc(F)cc([C@@H](CO)NC(=O)[C@@H](C)N2CCc3sc(-c4nc(NC5(CO)CC5)ncc4Cl)cc3C2=O)c1. The van der Waals surface area contributed by atoms with Crippen molar-refractivity contribution < 1.29 is 28.9 Å². The zero-order chi connectivity index (χ0) is 28.6. The molecule has 3 aromatic rings. The molecule has 0 radical (unpaired) electrons. The second-order valence-corrected chi connectivity index (χ2v) is 11.5. The van der Waals surface area contributed by atoms with Crippen molar-refractivity contribution in [1.29, 1.82) is 0 Å². The van der Waals surface area contributed by atoms with E-state index in [4.69, 9.17) is 16.3 Å². The van der Waals surface area contributed by atoms with Crippen molar-refractivity contribution in [3.8, 4) is 16.3 Å². The molecule has 2 aliphatic rings. The predicted molar refractivity (Wildman–Crippen MR) is 148 cm³/mol. The lowest BCUT2D eigenvalue weighted by atomic mass is 10.0. The van der Waals surface area contributed by atoms with Gasteiger partial charge in [-0.15, -0.1) is 11.3 Å². The fraction of sp³-hybridized carbons (Fsp3) is 0.407. The van der Waals surface area contributed by atoms with E-state index in [0.29, 0.717) is 45.6 Å². The molecule has 1 saturated carbocycles. The van der Waals surface area contributed by atoms with Gasteiger partial charge >= 0.3 is 0 Å². The number of amides is 2. The van der Waals surface area contributed by atoms with Gasteiger partial charge in [0, 0.05) is 23.9 Å². The number of halogens is 2. The smallest absolute Gasteiger partial charge is 0.255 e. The van der Waals surface area contributed by atoms with Gasteiger partial charge < -0.3 is 30.5 Å². The molecule has 1 aliphatic heterocycles. The van der Waals surface area contributed by atoms with Crippen LogP contribution >= 0.6 is 22.9 Å². The highest BCUT2D eigenvalue weighted by molar-refractivity contribution is 7.16. The van der Waals surface area contributed by atoms with Gasteiger partial charge in [0.1, 0.15) is 23.3 Å². The standard InChI is InChI=1S/C27H29ClFN5O5S/c1-14(24(37)31-20(12-35)15-7-16(29)9-17(8-15)39-2)34-6-3-21-18(25(34)38)10-22(40-21)23-19(28)11-30-26(32-23)33-27(13-36)4-5-27/h7-11,14,20,35-36H,3-6,12-13H2,1-2H3,(H,31,37)(H,30,32,33)/t14-,20-/m1/s1. The van der Waals surface area contributed by atoms with E-state index in [2.05, 4.69) is 20.6 Å². The largest absolute Gasteiger partial charge is 0.497 e. The fourth-order valence-corrected chi connectivity index (χ4v) is 6.04. The highest BCUT2D eigenvalue weighted by atomic mass is 35.5. The number of benzene rings is 1. The van der Waals surface area contributed by atoms with Crippen LogP contribution in [0.5, 0.6) is 5.75 Å². The summed E-state index contributed by atoms with van der Waals surface area (Å²) in [5, 5.41) is 25.7. The van der Waals surface area contributed by atoms with Crippen LogP contribution in [0.1, 0.15) is 46.6 Å². The third kappa shape index (κ3) is 5.62. The molecule has 2 aromatic heterocycles. The molecule has 10 nitrogen and oxygen atoms in total. The second-order valence-electron chi connectivity index (χ2n) is 9.99. The van der Waals surface area contributed by atoms with Gasteiger partial charge in [-0.2, -0.15) is 0 Å². The van der Waals surface area contributed by atoms with Crippen LogP contribution in [0.2, 0.25) is 5.02 Å². The summed E-state index contributed by atoms with van der Waals surface area (Å²) >= 11 is 7.83. The first-order valence-corrected chi connectivity index (χ1v) is 14.0. The van der Waals surface area contributed by atoms with Crippen molar-refractivity contribution in [2.24, 2.45) is 0 Å². The Bertz CT molecular complexity index is 1450. The Morgan fingerprint density at radius 1 is 1.30 bits per heavy atom. The number of aromatic nitrogens is 2. The van der Waals surface area contributed by atoms with E-state index in [1.165, 1.54) is 47.7 Å². The first-order valence-electron chi connectivity index (χ1n) is 12.8. The van der Waals surface area contributed by atoms with Crippen molar-refractivity contribution in [2.75, 3.05) is 32.2 Å². The lowest BCUT2D eigenvalue weighted by Gasteiger charge is -2.32. The Morgan fingerprint density at radius 2 is 2.08 bits per heavy atom. The minimum Gasteiger partial charge on any atom is -0.497 e. The predicted octanol–water partition coefficient (Wildman–Crippen LogP) is 3.18. The Hall–Kier alpha value is -3.32. The monoisotopic (exact) mass is 589 g/mol. The van der Waals surface area contributed by atoms with Crippen molar-refractivity contribution in [3.63, 3.8) is 0 Å². The van der Waals surface area contributed by atoms with Gasteiger partial charge in [0.15, 0.2) is 0 Å². The molecule has 1 aromatic carbocycles. The topological polar surface area (TPSA) is 137 Å². The molecule has 0 unspecified atom stereocenters. The van der Waals surface area contributed by atoms with Crippen LogP contribution in [0, 0.1) is 5.82 Å². The number of rotatable bonds is 10. The van der Waals surface area contributed by atoms with Crippen molar-refractivity contribution >= 4 is 40.7 Å². The van der Waals surface area contributed by atoms with Crippen LogP contribution in [0.25, 0.3) is 10.6 Å². The van der Waals surface area contributed by atoms with E-state index in [-0.39, 0.29) is 18.3 Å². The number of methoxy groups -OCH3 is 1. The minimum absolute atomic E-state index is 0.0206. The molecule has 1 aliphatic carbocycles. The number of aliphatic hydroxyl groups excluding tert-OH is 2. The van der Waals surface area contributed by atoms with Gasteiger partial charge in [-0.05, 0) is 43.5 Å². The Labute approximate surface area is 239 Å². The molecule has 212 valence electrons. The summed E-state index contributed by atoms with van der Waals surface area (Å²) in [5.74, 6) is -0.740. The second kappa shape index (κ2) is 11.3. The molecule has 5 rings (SSSR count). The van der Waals surface area contributed by atoms with Crippen LogP contribution in [0.4, 0.5) is 10.3 Å². The van der Waals surface area contributed by atoms with Gasteiger partial charge in [0.05, 0.1) is 53.6 Å². The number of aliphatic hydroxyl groups is 2. The lowest BCUT2D eigenvalue weighted by Crippen LogP contribution is -2.51. The zero-order valence-corrected chi connectivity index (χ0v) is 23.5. The van der Waals surface area contributed by atoms with Crippen molar-refractivity contribution in [2.45, 2.75) is 43.8 Å². The number of carbonyl (C=O) groups is 2. The summed E-state index contributed by atoms with van der Waals surface area (Å²) in [4.78, 5) is 38.4. The number of nitrogens with zero attached hydrogens (tertiary/aromatic N) is 3. The average Bonchev–Trinajstić information content (AvgIpc) is 3.59. The van der Waals surface area contributed by atoms with Crippen LogP contribution < -0.4 is 15.4 Å². The molecule has 3 heterocycles. The molecule has 1 fully saturated rings. The number of thiophene rings is 1. The molecular weight excluding hydrogens is 561 g/mol. The van der Waals surface area contributed by atoms with Crippen LogP contribution in [-0.4, -0.2) is 75.3 Å². The van der Waals surface area contributed by atoms with E-state index in [1.807, 2.05) is 0 Å². The van der Waals surface area contributed by atoms with E-state index in [0.717, 1.165) is 17.7 Å². The molecule has 2 atom stereocenters. The molecule has 13 heteroatoms. The maximum Gasteiger partial charge on any atom is 0.255 e. The normalized spacial score (nSPS) is 17.1. The third-order valence-corrected chi connectivity index (χ3v) is 8.75. The number of ether oxygens (including phenoxy) is 1. The molecule has 40 heavy (non-hydrogen) atoms. The van der Waals surface area contributed by atoms with Gasteiger partial charge in [0.2, 0.25) is 11.9 Å². The van der Waals surface area contributed by atoms with E-state index < -0.39 is 36.0 Å². The maximum absolute atomic E-state index is 14.0. The number of fused-ring (bicyclic) bond motifs is 1. The summed E-state index contributed by atoms with van der Waals surface area (Å²) in [6.07, 6.45) is 3.67. The highest BCUT2D eigenvalue weighted by Gasteiger charge is 2.43. The number of nitrogens with one attached hydrogen (secondary N) is 2. The third-order valence-electron chi connectivity index (χ3n) is 7.27. The van der Waals surface area contributed by atoms with Crippen molar-refractivity contribution in [1.82, 2.24) is 20.2 Å². The number of anilines is 1. The zero-order valence-electron chi connectivity index (χ0n) is 21.9. The quantitative estimate of drug-likeness (QED) is 0.283. The van der Waals surface area contributed by atoms with E-state index in [9.17, 15) is 24.2 Å². The van der Waals surface area contributed by atoms with Gasteiger partial charge in [-0.25, -0.2) is 14.4 Å². The van der Waals surface area contributed by atoms with Gasteiger partial charge in [0.25, 0.3) is 5.91 Å². The first kappa shape index (κ1) is 28.2. The van der Waals surface area contributed by atoms with Gasteiger partial charge in [-0.3, -0.25) is 9.59 Å². The molecule has 2 amide bonds. The fourth-order valence-electron chi connectivity index (χ4n) is 4.64. The number of hydrogen-bond acceptors (Lipinski definition) is 9. The first-order chi connectivity index (χ1) is 19.2. The molecule has 0 saturated heterocycles. The summed E-state index contributed by atoms with van der Waals surface area (Å²) < 4.78 is 19.1. The highest BCUT2D eigenvalue weighted by Crippen LogP contribution is 2.40. The summed E-state index contributed by atoms with van der Waals surface area (Å²) in [5.41, 5.74) is 0.895. The number of hydrogen-bond donors (Lipinski definition) is 4. The number of carbonyl (C=O) groups excluding carboxylic acids is 2. The molecule has 0 spiro atoms. The summed E-state index contributed by atoms with van der Waals surface area (Å²) in [7, 11) is 1.40. The lowest BCUT2D eigenvalue weighted by molar-refractivity contribution is -0.126. The Morgan fingerprint density at radius 3 is 2.75 bits per heavy atom. The maximum atomic E-state index is 14.0. The Kier molecular flexibility index (Phi) is 7.96. The molecule has 0 bridgehead atoms. The summed E-state index contributed by atoms with van der Waals surface area (Å²) in [6.45, 7) is 1.45. The minimum atomic E-state index is -0.883.